The Morgan fingerprint density at radius 1 is 1.19 bits per heavy atom. The molecule has 1 unspecified atom stereocenters. The summed E-state index contributed by atoms with van der Waals surface area (Å²) in [6, 6.07) is 5.10. The molecule has 1 fully saturated rings. The van der Waals surface area contributed by atoms with E-state index >= 15 is 0 Å². The van der Waals surface area contributed by atoms with Crippen molar-refractivity contribution in [1.82, 2.24) is 10.2 Å². The van der Waals surface area contributed by atoms with E-state index in [-0.39, 0.29) is 12.3 Å². The van der Waals surface area contributed by atoms with Crippen molar-refractivity contribution in [3.63, 3.8) is 0 Å². The number of unbranched alkanes of at least 4 members (excludes halogenated alkanes) is 1. The number of fused-ring (bicyclic) bond motifs is 1. The Bertz CT molecular complexity index is 1200. The first-order valence-electron chi connectivity index (χ1n) is 9.60. The van der Waals surface area contributed by atoms with Crippen molar-refractivity contribution in [2.75, 3.05) is 12.9 Å². The number of benzene rings is 1. The molecule has 2 heterocycles. The number of rotatable bonds is 5. The molecule has 3 rings (SSSR count). The van der Waals surface area contributed by atoms with Crippen LogP contribution in [0.2, 0.25) is 0 Å². The molecule has 1 saturated heterocycles. The van der Waals surface area contributed by atoms with Gasteiger partial charge in [-0.15, -0.1) is 0 Å². The molecule has 8 nitrogen and oxygen atoms in total. The Morgan fingerprint density at radius 3 is 2.68 bits per heavy atom. The fourth-order valence-corrected chi connectivity index (χ4v) is 3.98. The Labute approximate surface area is 180 Å². The Morgan fingerprint density at radius 2 is 2.00 bits per heavy atom. The second kappa shape index (κ2) is 9.63. The van der Waals surface area contributed by atoms with Crippen molar-refractivity contribution in [3.05, 3.63) is 46.3 Å². The molecule has 0 aromatic heterocycles. The maximum absolute atomic E-state index is 11.8. The highest BCUT2D eigenvalue weighted by Gasteiger charge is 2.35. The zero-order valence-electron chi connectivity index (χ0n) is 16.9. The minimum atomic E-state index is -3.45. The van der Waals surface area contributed by atoms with E-state index in [9.17, 15) is 22.8 Å². The van der Waals surface area contributed by atoms with E-state index in [2.05, 4.69) is 21.3 Å². The van der Waals surface area contributed by atoms with Crippen LogP contribution in [0.25, 0.3) is 5.70 Å². The van der Waals surface area contributed by atoms with Gasteiger partial charge in [0.25, 0.3) is 10.1 Å². The normalized spacial score (nSPS) is 17.6. The molecule has 0 amide bonds. The average Bonchev–Trinajstić information content (AvgIpc) is 3.12. The Balaban J connectivity index is 1.73. The lowest BCUT2D eigenvalue weighted by Gasteiger charge is -2.33. The van der Waals surface area contributed by atoms with Crippen LogP contribution in [-0.4, -0.2) is 50.0 Å². The summed E-state index contributed by atoms with van der Waals surface area (Å²) in [4.78, 5) is 35.8. The van der Waals surface area contributed by atoms with Crippen molar-refractivity contribution < 1.29 is 27.0 Å². The molecule has 1 aromatic carbocycles. The second-order valence-electron chi connectivity index (χ2n) is 7.16. The summed E-state index contributed by atoms with van der Waals surface area (Å²) in [6.45, 7) is 0.502. The number of hydrogen-bond donors (Lipinski definition) is 1. The fraction of sp³-hybridized carbons (Fsp3) is 0.364. The zero-order chi connectivity index (χ0) is 22.4. The molecule has 0 bridgehead atoms. The highest BCUT2D eigenvalue weighted by Crippen LogP contribution is 2.37. The summed E-state index contributed by atoms with van der Waals surface area (Å²) >= 11 is 0. The van der Waals surface area contributed by atoms with Crippen molar-refractivity contribution in [1.29, 1.82) is 0 Å². The number of nitrogens with zero attached hydrogens (tertiary/aromatic N) is 1. The number of allylic oxidation sites excluding steroid dienone is 1. The molecule has 160 valence electrons. The highest BCUT2D eigenvalue weighted by molar-refractivity contribution is 7.85. The van der Waals surface area contributed by atoms with E-state index in [4.69, 9.17) is 0 Å². The molecule has 0 radical (unpaired) electrons. The molecule has 0 aliphatic carbocycles. The number of carbonyl (C=O) groups excluding carboxylic acids is 3. The van der Waals surface area contributed by atoms with Gasteiger partial charge >= 0.3 is 0 Å². The maximum Gasteiger partial charge on any atom is 0.264 e. The highest BCUT2D eigenvalue weighted by atomic mass is 32.2. The lowest BCUT2D eigenvalue weighted by molar-refractivity contribution is 0.298. The van der Waals surface area contributed by atoms with Crippen LogP contribution in [-0.2, 0) is 35.2 Å². The molecular formula is C22H20N2O6S. The van der Waals surface area contributed by atoms with Crippen molar-refractivity contribution in [3.8, 4) is 11.8 Å². The molecule has 9 heteroatoms. The average molecular weight is 440 g/mol. The summed E-state index contributed by atoms with van der Waals surface area (Å²) in [5.74, 6) is 11.5. The van der Waals surface area contributed by atoms with E-state index in [1.165, 1.54) is 0 Å². The third-order valence-corrected chi connectivity index (χ3v) is 5.56. The number of piperidine rings is 1. The predicted octanol–water partition coefficient (Wildman–Crippen LogP) is 0.966. The van der Waals surface area contributed by atoms with Gasteiger partial charge in [0.05, 0.1) is 18.9 Å². The van der Waals surface area contributed by atoms with Gasteiger partial charge in [-0.25, -0.2) is 14.4 Å². The molecular weight excluding hydrogens is 420 g/mol. The topological polar surface area (TPSA) is 110 Å². The van der Waals surface area contributed by atoms with Gasteiger partial charge in [-0.1, -0.05) is 17.9 Å². The quantitative estimate of drug-likeness (QED) is 0.312. The van der Waals surface area contributed by atoms with Gasteiger partial charge < -0.3 is 10.2 Å². The van der Waals surface area contributed by atoms with Gasteiger partial charge in [0.2, 0.25) is 0 Å². The molecule has 0 saturated carbocycles. The van der Waals surface area contributed by atoms with Crippen LogP contribution in [0.15, 0.2) is 29.6 Å². The molecule has 2 aliphatic rings. The first-order chi connectivity index (χ1) is 14.9. The Kier molecular flexibility index (Phi) is 6.94. The van der Waals surface area contributed by atoms with E-state index in [1.807, 2.05) is 24.0 Å². The van der Waals surface area contributed by atoms with Crippen LogP contribution in [0.1, 0.15) is 42.4 Å². The van der Waals surface area contributed by atoms with Crippen LogP contribution in [0, 0.1) is 11.8 Å². The van der Waals surface area contributed by atoms with Crippen LogP contribution < -0.4 is 5.32 Å². The minimum Gasteiger partial charge on any atom is -0.348 e. The number of nitrogens with one attached hydrogen (secondary N) is 1. The lowest BCUT2D eigenvalue weighted by atomic mass is 10.00. The van der Waals surface area contributed by atoms with Crippen molar-refractivity contribution in [2.24, 2.45) is 0 Å². The summed E-state index contributed by atoms with van der Waals surface area (Å²) in [7, 11) is -3.45. The van der Waals surface area contributed by atoms with Crippen molar-refractivity contribution in [2.45, 2.75) is 38.3 Å². The summed E-state index contributed by atoms with van der Waals surface area (Å²) in [5, 5.41) is 2.75. The summed E-state index contributed by atoms with van der Waals surface area (Å²) < 4.78 is 26.5. The summed E-state index contributed by atoms with van der Waals surface area (Å²) in [6.07, 6.45) is 2.83. The van der Waals surface area contributed by atoms with Gasteiger partial charge in [0.1, 0.15) is 29.0 Å². The van der Waals surface area contributed by atoms with E-state index in [0.29, 0.717) is 54.7 Å². The fourth-order valence-electron chi connectivity index (χ4n) is 3.56. The Hall–Kier alpha value is -3.36. The second-order valence-corrected chi connectivity index (χ2v) is 8.80. The third-order valence-electron chi connectivity index (χ3n) is 4.96. The van der Waals surface area contributed by atoms with Gasteiger partial charge in [0.15, 0.2) is 5.94 Å². The lowest BCUT2D eigenvalue weighted by Crippen LogP contribution is -2.41. The minimum absolute atomic E-state index is 0.0771. The molecule has 0 spiro atoms. The first-order valence-corrected chi connectivity index (χ1v) is 11.4. The van der Waals surface area contributed by atoms with Crippen LogP contribution in [0.5, 0.6) is 0 Å². The molecule has 1 N–H and O–H groups in total. The van der Waals surface area contributed by atoms with Gasteiger partial charge in [-0.2, -0.15) is 8.42 Å². The standard InChI is InChI=1S/C22H20N2O6S/c1-31(28,29)30-10-4-2-3-5-16-6-7-17-12-24(22(15-27)19(17)11-16)21-9-8-18(13-25)23-20(21)14-26/h6-7,11,21,23H,2,4,8-10,12H2,1H3. The molecule has 1 aromatic rings. The zero-order valence-corrected chi connectivity index (χ0v) is 17.7. The van der Waals surface area contributed by atoms with Crippen LogP contribution >= 0.6 is 0 Å². The summed E-state index contributed by atoms with van der Waals surface area (Å²) in [5.41, 5.74) is 3.13. The first kappa shape index (κ1) is 22.3. The van der Waals surface area contributed by atoms with Crippen LogP contribution in [0.4, 0.5) is 0 Å². The third kappa shape index (κ3) is 5.42. The van der Waals surface area contributed by atoms with Crippen molar-refractivity contribution >= 4 is 33.6 Å². The maximum atomic E-state index is 11.8. The SMILES string of the molecule is CS(=O)(=O)OCCCC#Cc1ccc2c(c1)C(=C=O)N(C1CCC(=C=O)NC1=C=O)C2. The molecule has 2 aliphatic heterocycles. The van der Waals surface area contributed by atoms with Crippen LogP contribution in [0.3, 0.4) is 0 Å². The van der Waals surface area contributed by atoms with Gasteiger partial charge in [-0.3, -0.25) is 4.18 Å². The number of hydrogen-bond acceptors (Lipinski definition) is 8. The predicted molar refractivity (Wildman–Crippen MR) is 113 cm³/mol. The van der Waals surface area contributed by atoms with E-state index < -0.39 is 16.2 Å². The van der Waals surface area contributed by atoms with Gasteiger partial charge in [0, 0.05) is 30.5 Å². The van der Waals surface area contributed by atoms with E-state index in [1.54, 1.807) is 16.9 Å². The van der Waals surface area contributed by atoms with E-state index in [0.717, 1.165) is 11.8 Å². The molecule has 31 heavy (non-hydrogen) atoms. The smallest absolute Gasteiger partial charge is 0.264 e. The van der Waals surface area contributed by atoms with Gasteiger partial charge in [-0.05, 0) is 30.5 Å². The molecule has 1 atom stereocenters. The largest absolute Gasteiger partial charge is 0.348 e. The monoisotopic (exact) mass is 440 g/mol.